The second-order valence-electron chi connectivity index (χ2n) is 5.31. The van der Waals surface area contributed by atoms with Crippen molar-refractivity contribution in [3.63, 3.8) is 0 Å². The van der Waals surface area contributed by atoms with Crippen LogP contribution in [0.25, 0.3) is 0 Å². The van der Waals surface area contributed by atoms with Crippen molar-refractivity contribution < 1.29 is 0 Å². The summed E-state index contributed by atoms with van der Waals surface area (Å²) in [5.74, 6) is 1.93. The fraction of sp³-hybridized carbons (Fsp3) is 0.643. The van der Waals surface area contributed by atoms with Crippen molar-refractivity contribution in [1.82, 2.24) is 4.90 Å². The van der Waals surface area contributed by atoms with Gasteiger partial charge >= 0.3 is 0 Å². The Balaban J connectivity index is 1.88. The standard InChI is InChI=1S/C14H23N3S/c1-11-5-3-7-17(10-11)14(15)16-9-12(2)13-6-4-8-18-13/h4,6,8,11-12H,3,5,7,9-10H2,1-2H3,(H2,15,16). The fourth-order valence-electron chi connectivity index (χ4n) is 2.39. The monoisotopic (exact) mass is 265 g/mol. The molecule has 0 amide bonds. The number of hydrogen-bond donors (Lipinski definition) is 1. The first-order chi connectivity index (χ1) is 8.66. The van der Waals surface area contributed by atoms with Crippen molar-refractivity contribution in [3.05, 3.63) is 22.4 Å². The largest absolute Gasteiger partial charge is 0.370 e. The Morgan fingerprint density at radius 3 is 3.17 bits per heavy atom. The van der Waals surface area contributed by atoms with Gasteiger partial charge in [0.05, 0.1) is 6.54 Å². The molecule has 0 aliphatic carbocycles. The molecule has 2 N–H and O–H groups in total. The van der Waals surface area contributed by atoms with Crippen LogP contribution in [0.1, 0.15) is 37.5 Å². The van der Waals surface area contributed by atoms with Crippen LogP contribution in [-0.4, -0.2) is 30.5 Å². The third-order valence-electron chi connectivity index (χ3n) is 3.54. The van der Waals surface area contributed by atoms with E-state index in [0.29, 0.717) is 5.92 Å². The van der Waals surface area contributed by atoms with Crippen LogP contribution in [0.5, 0.6) is 0 Å². The molecule has 1 aromatic rings. The summed E-state index contributed by atoms with van der Waals surface area (Å²) >= 11 is 1.79. The Kier molecular flexibility index (Phi) is 4.64. The van der Waals surface area contributed by atoms with E-state index in [1.54, 1.807) is 11.3 Å². The minimum atomic E-state index is 0.464. The molecule has 0 aromatic carbocycles. The van der Waals surface area contributed by atoms with E-state index in [4.69, 9.17) is 5.73 Å². The molecule has 2 heterocycles. The van der Waals surface area contributed by atoms with Crippen molar-refractivity contribution in [3.8, 4) is 0 Å². The molecule has 100 valence electrons. The molecular weight excluding hydrogens is 242 g/mol. The van der Waals surface area contributed by atoms with Crippen LogP contribution in [0.3, 0.4) is 0 Å². The van der Waals surface area contributed by atoms with Crippen molar-refractivity contribution in [2.75, 3.05) is 19.6 Å². The number of thiophene rings is 1. The Bertz CT molecular complexity index is 386. The lowest BCUT2D eigenvalue weighted by Gasteiger charge is -2.31. The molecule has 0 spiro atoms. The molecule has 1 aliphatic rings. The minimum Gasteiger partial charge on any atom is -0.370 e. The average Bonchev–Trinajstić information content (AvgIpc) is 2.89. The summed E-state index contributed by atoms with van der Waals surface area (Å²) in [4.78, 5) is 8.18. The van der Waals surface area contributed by atoms with Crippen LogP contribution in [0.15, 0.2) is 22.5 Å². The summed E-state index contributed by atoms with van der Waals surface area (Å²) in [7, 11) is 0. The SMILES string of the molecule is CC1CCCN(C(N)=NCC(C)c2cccs2)C1. The molecule has 0 radical (unpaired) electrons. The lowest BCUT2D eigenvalue weighted by molar-refractivity contribution is 0.270. The van der Waals surface area contributed by atoms with E-state index in [9.17, 15) is 0 Å². The van der Waals surface area contributed by atoms with Crippen LogP contribution < -0.4 is 5.73 Å². The van der Waals surface area contributed by atoms with Gasteiger partial charge < -0.3 is 10.6 Å². The van der Waals surface area contributed by atoms with Crippen LogP contribution in [-0.2, 0) is 0 Å². The number of nitrogens with two attached hydrogens (primary N) is 1. The summed E-state index contributed by atoms with van der Waals surface area (Å²) in [6, 6.07) is 4.26. The molecule has 2 rings (SSSR count). The maximum Gasteiger partial charge on any atom is 0.191 e. The first kappa shape index (κ1) is 13.4. The highest BCUT2D eigenvalue weighted by Crippen LogP contribution is 2.21. The van der Waals surface area contributed by atoms with E-state index >= 15 is 0 Å². The topological polar surface area (TPSA) is 41.6 Å². The van der Waals surface area contributed by atoms with E-state index in [1.165, 1.54) is 17.7 Å². The van der Waals surface area contributed by atoms with E-state index in [2.05, 4.69) is 41.3 Å². The average molecular weight is 265 g/mol. The molecule has 18 heavy (non-hydrogen) atoms. The van der Waals surface area contributed by atoms with Crippen LogP contribution in [0.2, 0.25) is 0 Å². The van der Waals surface area contributed by atoms with Gasteiger partial charge in [-0.2, -0.15) is 0 Å². The van der Waals surface area contributed by atoms with Gasteiger partial charge in [-0.05, 0) is 30.2 Å². The summed E-state index contributed by atoms with van der Waals surface area (Å²) in [5, 5.41) is 2.12. The van der Waals surface area contributed by atoms with Gasteiger partial charge in [0.1, 0.15) is 0 Å². The zero-order valence-electron chi connectivity index (χ0n) is 11.3. The van der Waals surface area contributed by atoms with Gasteiger partial charge in [0, 0.05) is 23.9 Å². The maximum atomic E-state index is 6.09. The van der Waals surface area contributed by atoms with E-state index in [0.717, 1.165) is 31.5 Å². The van der Waals surface area contributed by atoms with E-state index in [-0.39, 0.29) is 0 Å². The van der Waals surface area contributed by atoms with Crippen LogP contribution in [0, 0.1) is 5.92 Å². The third kappa shape index (κ3) is 3.48. The molecule has 3 nitrogen and oxygen atoms in total. The summed E-state index contributed by atoms with van der Waals surface area (Å²) in [6.07, 6.45) is 2.55. The highest BCUT2D eigenvalue weighted by molar-refractivity contribution is 7.10. The molecule has 0 bridgehead atoms. The summed E-state index contributed by atoms with van der Waals surface area (Å²) in [6.45, 7) is 7.40. The van der Waals surface area contributed by atoms with Gasteiger partial charge in [-0.1, -0.05) is 19.9 Å². The molecule has 4 heteroatoms. The molecule has 2 atom stereocenters. The van der Waals surface area contributed by atoms with E-state index < -0.39 is 0 Å². The Morgan fingerprint density at radius 1 is 1.67 bits per heavy atom. The Morgan fingerprint density at radius 2 is 2.50 bits per heavy atom. The van der Waals surface area contributed by atoms with E-state index in [1.807, 2.05) is 0 Å². The summed E-state index contributed by atoms with van der Waals surface area (Å²) in [5.41, 5.74) is 6.09. The second kappa shape index (κ2) is 6.23. The second-order valence-corrected chi connectivity index (χ2v) is 6.29. The highest BCUT2D eigenvalue weighted by Gasteiger charge is 2.17. The minimum absolute atomic E-state index is 0.464. The molecule has 1 aromatic heterocycles. The Labute approximate surface area is 114 Å². The first-order valence-electron chi connectivity index (χ1n) is 6.75. The summed E-state index contributed by atoms with van der Waals surface area (Å²) < 4.78 is 0. The fourth-order valence-corrected chi connectivity index (χ4v) is 3.17. The molecule has 1 saturated heterocycles. The van der Waals surface area contributed by atoms with Gasteiger partial charge in [-0.3, -0.25) is 4.99 Å². The maximum absolute atomic E-state index is 6.09. The zero-order valence-corrected chi connectivity index (χ0v) is 12.1. The molecular formula is C14H23N3S. The quantitative estimate of drug-likeness (QED) is 0.674. The van der Waals surface area contributed by atoms with Crippen LogP contribution >= 0.6 is 11.3 Å². The number of guanidine groups is 1. The zero-order chi connectivity index (χ0) is 13.0. The predicted octanol–water partition coefficient (Wildman–Crippen LogP) is 2.90. The number of piperidine rings is 1. The van der Waals surface area contributed by atoms with Gasteiger partial charge in [0.2, 0.25) is 0 Å². The number of hydrogen-bond acceptors (Lipinski definition) is 2. The first-order valence-corrected chi connectivity index (χ1v) is 7.63. The lowest BCUT2D eigenvalue weighted by atomic mass is 10.0. The van der Waals surface area contributed by atoms with Gasteiger partial charge in [-0.25, -0.2) is 0 Å². The lowest BCUT2D eigenvalue weighted by Crippen LogP contribution is -2.43. The predicted molar refractivity (Wildman–Crippen MR) is 79.2 cm³/mol. The molecule has 1 aliphatic heterocycles. The number of aliphatic imine (C=N–C) groups is 1. The van der Waals surface area contributed by atoms with Crippen molar-refractivity contribution in [2.45, 2.75) is 32.6 Å². The molecule has 1 fully saturated rings. The smallest absolute Gasteiger partial charge is 0.191 e. The van der Waals surface area contributed by atoms with Gasteiger partial charge in [-0.15, -0.1) is 11.3 Å². The van der Waals surface area contributed by atoms with Gasteiger partial charge in [0.15, 0.2) is 5.96 Å². The molecule has 0 saturated carbocycles. The van der Waals surface area contributed by atoms with Crippen molar-refractivity contribution >= 4 is 17.3 Å². The number of likely N-dealkylation sites (tertiary alicyclic amines) is 1. The van der Waals surface area contributed by atoms with Crippen molar-refractivity contribution in [2.24, 2.45) is 16.6 Å². The van der Waals surface area contributed by atoms with Crippen LogP contribution in [0.4, 0.5) is 0 Å². The normalized spacial score (nSPS) is 23.1. The number of nitrogens with zero attached hydrogens (tertiary/aromatic N) is 2. The number of rotatable bonds is 3. The highest BCUT2D eigenvalue weighted by atomic mass is 32.1. The third-order valence-corrected chi connectivity index (χ3v) is 4.64. The molecule has 2 unspecified atom stereocenters. The van der Waals surface area contributed by atoms with Crippen molar-refractivity contribution in [1.29, 1.82) is 0 Å². The Hall–Kier alpha value is -1.03. The van der Waals surface area contributed by atoms with Gasteiger partial charge in [0.25, 0.3) is 0 Å².